The van der Waals surface area contributed by atoms with Gasteiger partial charge < -0.3 is 9.84 Å². The van der Waals surface area contributed by atoms with E-state index in [9.17, 15) is 4.79 Å². The van der Waals surface area contributed by atoms with Crippen molar-refractivity contribution in [3.05, 3.63) is 59.2 Å². The molecule has 2 aromatic carbocycles. The summed E-state index contributed by atoms with van der Waals surface area (Å²) in [6.45, 7) is 1.86. The van der Waals surface area contributed by atoms with Gasteiger partial charge in [0.1, 0.15) is 17.1 Å². The van der Waals surface area contributed by atoms with E-state index < -0.39 is 5.97 Å². The van der Waals surface area contributed by atoms with E-state index in [1.54, 1.807) is 36.4 Å². The average molecular weight is 253 g/mol. The number of carboxylic acid groups (broad SMARTS) is 1. The fraction of sp³-hybridized carbons (Fsp3) is 0.0667. The molecule has 0 saturated carbocycles. The molecule has 4 heteroatoms. The van der Waals surface area contributed by atoms with Crippen molar-refractivity contribution in [1.29, 1.82) is 5.26 Å². The van der Waals surface area contributed by atoms with Crippen LogP contribution in [0.2, 0.25) is 0 Å². The van der Waals surface area contributed by atoms with Gasteiger partial charge in [0.05, 0.1) is 11.6 Å². The molecule has 0 unspecified atom stereocenters. The van der Waals surface area contributed by atoms with Crippen molar-refractivity contribution < 1.29 is 14.6 Å². The summed E-state index contributed by atoms with van der Waals surface area (Å²) in [5, 5.41) is 17.8. The number of carbonyl (C=O) groups is 1. The van der Waals surface area contributed by atoms with E-state index >= 15 is 0 Å². The minimum absolute atomic E-state index is 0.106. The van der Waals surface area contributed by atoms with E-state index in [-0.39, 0.29) is 11.3 Å². The van der Waals surface area contributed by atoms with Crippen LogP contribution < -0.4 is 4.74 Å². The third kappa shape index (κ3) is 2.90. The quantitative estimate of drug-likeness (QED) is 0.910. The van der Waals surface area contributed by atoms with E-state index in [4.69, 9.17) is 15.1 Å². The van der Waals surface area contributed by atoms with E-state index in [2.05, 4.69) is 0 Å². The van der Waals surface area contributed by atoms with Crippen LogP contribution in [-0.2, 0) is 0 Å². The van der Waals surface area contributed by atoms with Crippen molar-refractivity contribution in [3.8, 4) is 17.6 Å². The molecule has 2 rings (SSSR count). The second-order valence-electron chi connectivity index (χ2n) is 4.04. The Hall–Kier alpha value is -2.80. The zero-order valence-electron chi connectivity index (χ0n) is 10.3. The number of ether oxygens (including phenoxy) is 1. The highest BCUT2D eigenvalue weighted by Crippen LogP contribution is 2.26. The number of benzene rings is 2. The molecule has 0 atom stereocenters. The first-order valence-corrected chi connectivity index (χ1v) is 5.62. The van der Waals surface area contributed by atoms with Gasteiger partial charge in [-0.3, -0.25) is 0 Å². The first kappa shape index (κ1) is 12.7. The Bertz CT molecular complexity index is 654. The zero-order valence-corrected chi connectivity index (χ0v) is 10.3. The fourth-order valence-corrected chi connectivity index (χ4v) is 1.62. The van der Waals surface area contributed by atoms with Crippen molar-refractivity contribution in [2.24, 2.45) is 0 Å². The smallest absolute Gasteiger partial charge is 0.339 e. The van der Waals surface area contributed by atoms with Gasteiger partial charge in [-0.2, -0.15) is 5.26 Å². The Morgan fingerprint density at radius 2 is 1.89 bits per heavy atom. The van der Waals surface area contributed by atoms with Crippen LogP contribution in [0.15, 0.2) is 42.5 Å². The maximum absolute atomic E-state index is 11.1. The number of hydrogen-bond donors (Lipinski definition) is 1. The molecule has 0 heterocycles. The highest BCUT2D eigenvalue weighted by atomic mass is 16.5. The highest BCUT2D eigenvalue weighted by Gasteiger charge is 2.12. The minimum Gasteiger partial charge on any atom is -0.478 e. The Balaban J connectivity index is 2.34. The molecule has 0 aliphatic rings. The van der Waals surface area contributed by atoms with Crippen LogP contribution in [0.25, 0.3) is 0 Å². The van der Waals surface area contributed by atoms with Gasteiger partial charge in [0, 0.05) is 0 Å². The summed E-state index contributed by atoms with van der Waals surface area (Å²) in [5.41, 5.74) is 1.54. The number of rotatable bonds is 3. The predicted molar refractivity (Wildman–Crippen MR) is 69.4 cm³/mol. The lowest BCUT2D eigenvalue weighted by Crippen LogP contribution is -2.00. The Morgan fingerprint density at radius 3 is 2.47 bits per heavy atom. The summed E-state index contributed by atoms with van der Waals surface area (Å²) in [5.74, 6) is -0.257. The van der Waals surface area contributed by atoms with Crippen LogP contribution in [-0.4, -0.2) is 11.1 Å². The first-order chi connectivity index (χ1) is 9.10. The molecule has 0 aliphatic carbocycles. The van der Waals surface area contributed by atoms with Crippen molar-refractivity contribution in [3.63, 3.8) is 0 Å². The molecule has 0 fully saturated rings. The maximum Gasteiger partial charge on any atom is 0.339 e. The molecular formula is C15H11NO3. The Labute approximate surface area is 110 Å². The summed E-state index contributed by atoms with van der Waals surface area (Å²) in [4.78, 5) is 11.1. The minimum atomic E-state index is -1.04. The topological polar surface area (TPSA) is 70.3 Å². The molecule has 2 aromatic rings. The molecule has 94 valence electrons. The molecular weight excluding hydrogens is 242 g/mol. The molecule has 0 spiro atoms. The van der Waals surface area contributed by atoms with Gasteiger partial charge in [-0.25, -0.2) is 4.79 Å². The van der Waals surface area contributed by atoms with Gasteiger partial charge >= 0.3 is 5.97 Å². The number of carboxylic acids is 1. The highest BCUT2D eigenvalue weighted by molar-refractivity contribution is 5.91. The maximum atomic E-state index is 11.1. The van der Waals surface area contributed by atoms with Crippen molar-refractivity contribution in [1.82, 2.24) is 0 Å². The molecule has 0 saturated heterocycles. The molecule has 0 bridgehead atoms. The van der Waals surface area contributed by atoms with E-state index in [0.717, 1.165) is 5.56 Å². The number of hydrogen-bond acceptors (Lipinski definition) is 3. The summed E-state index contributed by atoms with van der Waals surface area (Å²) < 4.78 is 5.56. The number of nitriles is 1. The zero-order chi connectivity index (χ0) is 13.8. The Morgan fingerprint density at radius 1 is 1.21 bits per heavy atom. The molecule has 19 heavy (non-hydrogen) atoms. The van der Waals surface area contributed by atoms with Crippen molar-refractivity contribution in [2.45, 2.75) is 6.92 Å². The standard InChI is InChI=1S/C15H11NO3/c1-10-2-7-13(15(17)18)14(8-10)19-12-5-3-11(9-16)4-6-12/h2-8H,1H3,(H,17,18). The second kappa shape index (κ2) is 5.23. The van der Waals surface area contributed by atoms with Crippen LogP contribution >= 0.6 is 0 Å². The van der Waals surface area contributed by atoms with Crippen LogP contribution in [0.4, 0.5) is 0 Å². The van der Waals surface area contributed by atoms with Gasteiger partial charge in [0.15, 0.2) is 0 Å². The molecule has 0 aliphatic heterocycles. The fourth-order valence-electron chi connectivity index (χ4n) is 1.62. The van der Waals surface area contributed by atoms with Gasteiger partial charge in [-0.05, 0) is 48.9 Å². The lowest BCUT2D eigenvalue weighted by atomic mass is 10.1. The predicted octanol–water partition coefficient (Wildman–Crippen LogP) is 3.36. The average Bonchev–Trinajstić information content (AvgIpc) is 2.39. The third-order valence-corrected chi connectivity index (χ3v) is 2.58. The van der Waals surface area contributed by atoms with Gasteiger partial charge in [0.25, 0.3) is 0 Å². The van der Waals surface area contributed by atoms with Crippen LogP contribution in [0.5, 0.6) is 11.5 Å². The van der Waals surface area contributed by atoms with Crippen LogP contribution in [0.1, 0.15) is 21.5 Å². The van der Waals surface area contributed by atoms with Crippen LogP contribution in [0.3, 0.4) is 0 Å². The summed E-state index contributed by atoms with van der Waals surface area (Å²) in [7, 11) is 0. The van der Waals surface area contributed by atoms with E-state index in [1.165, 1.54) is 6.07 Å². The Kier molecular flexibility index (Phi) is 3.48. The van der Waals surface area contributed by atoms with Gasteiger partial charge in [-0.15, -0.1) is 0 Å². The van der Waals surface area contributed by atoms with Gasteiger partial charge in [-0.1, -0.05) is 6.07 Å². The van der Waals surface area contributed by atoms with Gasteiger partial charge in [0.2, 0.25) is 0 Å². The second-order valence-corrected chi connectivity index (χ2v) is 4.04. The van der Waals surface area contributed by atoms with E-state index in [1.807, 2.05) is 13.0 Å². The van der Waals surface area contributed by atoms with Crippen molar-refractivity contribution >= 4 is 5.97 Å². The summed E-state index contributed by atoms with van der Waals surface area (Å²) in [6.07, 6.45) is 0. The number of aromatic carboxylic acids is 1. The SMILES string of the molecule is Cc1ccc(C(=O)O)c(Oc2ccc(C#N)cc2)c1. The number of aryl methyl sites for hydroxylation is 1. The summed E-state index contributed by atoms with van der Waals surface area (Å²) >= 11 is 0. The normalized spacial score (nSPS) is 9.68. The number of nitrogens with zero attached hydrogens (tertiary/aromatic N) is 1. The van der Waals surface area contributed by atoms with E-state index in [0.29, 0.717) is 11.3 Å². The first-order valence-electron chi connectivity index (χ1n) is 5.62. The molecule has 0 amide bonds. The lowest BCUT2D eigenvalue weighted by molar-refractivity contribution is 0.0694. The van der Waals surface area contributed by atoms with Crippen molar-refractivity contribution in [2.75, 3.05) is 0 Å². The largest absolute Gasteiger partial charge is 0.478 e. The van der Waals surface area contributed by atoms with Crippen LogP contribution in [0, 0.1) is 18.3 Å². The lowest BCUT2D eigenvalue weighted by Gasteiger charge is -2.09. The molecule has 0 radical (unpaired) electrons. The molecule has 0 aromatic heterocycles. The summed E-state index contributed by atoms with van der Waals surface area (Å²) in [6, 6.07) is 13.4. The molecule has 4 nitrogen and oxygen atoms in total. The third-order valence-electron chi connectivity index (χ3n) is 2.58. The molecule has 1 N–H and O–H groups in total. The monoisotopic (exact) mass is 253 g/mol.